The summed E-state index contributed by atoms with van der Waals surface area (Å²) in [6.07, 6.45) is 0.260. The summed E-state index contributed by atoms with van der Waals surface area (Å²) >= 11 is 2.68. The Bertz CT molecular complexity index is 1020. The lowest BCUT2D eigenvalue weighted by Crippen LogP contribution is -2.20. The summed E-state index contributed by atoms with van der Waals surface area (Å²) in [7, 11) is 0. The molecule has 0 fully saturated rings. The van der Waals surface area contributed by atoms with E-state index >= 15 is 0 Å². The first kappa shape index (κ1) is 20.7. The van der Waals surface area contributed by atoms with E-state index in [1.54, 1.807) is 16.3 Å². The second-order valence-corrected chi connectivity index (χ2v) is 8.06. The minimum Gasteiger partial charge on any atom is -0.380 e. The first-order chi connectivity index (χ1) is 13.6. The first-order valence-electron chi connectivity index (χ1n) is 8.90. The Labute approximate surface area is 169 Å². The molecular weight excluding hydrogens is 402 g/mol. The van der Waals surface area contributed by atoms with E-state index in [0.717, 1.165) is 22.3 Å². The van der Waals surface area contributed by atoms with Gasteiger partial charge in [-0.25, -0.2) is 8.78 Å². The third kappa shape index (κ3) is 5.27. The summed E-state index contributed by atoms with van der Waals surface area (Å²) in [5, 5.41) is 0. The molecule has 1 heterocycles. The van der Waals surface area contributed by atoms with E-state index < -0.39 is 11.6 Å². The van der Waals surface area contributed by atoms with Gasteiger partial charge in [0.25, 0.3) is 0 Å². The zero-order valence-corrected chi connectivity index (χ0v) is 17.0. The molecule has 3 rings (SSSR count). The van der Waals surface area contributed by atoms with Crippen LogP contribution in [0.3, 0.4) is 0 Å². The predicted octanol–water partition coefficient (Wildman–Crippen LogP) is 4.63. The molecule has 28 heavy (non-hydrogen) atoms. The van der Waals surface area contributed by atoms with Gasteiger partial charge in [-0.1, -0.05) is 29.5 Å². The smallest absolute Gasteiger partial charge is 0.249 e. The van der Waals surface area contributed by atoms with Crippen LogP contribution in [-0.2, 0) is 16.1 Å². The summed E-state index contributed by atoms with van der Waals surface area (Å²) in [5.41, 5.74) is 0.247. The van der Waals surface area contributed by atoms with Gasteiger partial charge >= 0.3 is 0 Å². The average molecular weight is 423 g/mol. The number of benzene rings is 2. The fourth-order valence-corrected chi connectivity index (χ4v) is 4.63. The van der Waals surface area contributed by atoms with E-state index in [1.807, 2.05) is 37.3 Å². The number of carbonyl (C=O) groups is 1. The van der Waals surface area contributed by atoms with E-state index in [1.165, 1.54) is 6.07 Å². The fraction of sp³-hybridized carbons (Fsp3) is 0.300. The van der Waals surface area contributed by atoms with Crippen LogP contribution in [-0.4, -0.2) is 29.4 Å². The maximum Gasteiger partial charge on any atom is 0.249 e. The van der Waals surface area contributed by atoms with Gasteiger partial charge in [-0.05, 0) is 25.1 Å². The van der Waals surface area contributed by atoms with Crippen LogP contribution in [0.4, 0.5) is 8.78 Å². The molecule has 0 saturated heterocycles. The predicted molar refractivity (Wildman–Crippen MR) is 109 cm³/mol. The lowest BCUT2D eigenvalue weighted by Gasteiger charge is -2.06. The molecular formula is C20H20F2N2O2S2. The number of thioether (sulfide) groups is 1. The van der Waals surface area contributed by atoms with Crippen LogP contribution in [0.5, 0.6) is 0 Å². The number of rotatable bonds is 8. The van der Waals surface area contributed by atoms with Crippen LogP contribution in [0.2, 0.25) is 0 Å². The second kappa shape index (κ2) is 9.95. The van der Waals surface area contributed by atoms with E-state index in [0.29, 0.717) is 35.0 Å². The van der Waals surface area contributed by atoms with Gasteiger partial charge in [0.2, 0.25) is 5.91 Å². The van der Waals surface area contributed by atoms with E-state index in [9.17, 15) is 13.6 Å². The largest absolute Gasteiger partial charge is 0.380 e. The number of halogens is 2. The standard InChI is InChI=1S/C20H20F2N2O2S2/c1-2-26-10-9-24-19-16(22)12-14(21)13-17(19)28-20(24)23-18(25)8-11-27-15-6-4-3-5-7-15/h3-7,12-13H,2,8-11H2,1H3. The summed E-state index contributed by atoms with van der Waals surface area (Å²) in [6, 6.07) is 11.9. The minimum absolute atomic E-state index is 0.247. The van der Waals surface area contributed by atoms with Crippen LogP contribution in [0, 0.1) is 11.6 Å². The average Bonchev–Trinajstić information content (AvgIpc) is 3.00. The Morgan fingerprint density at radius 1 is 1.25 bits per heavy atom. The molecule has 1 aromatic heterocycles. The quantitative estimate of drug-likeness (QED) is 0.393. The van der Waals surface area contributed by atoms with Crippen molar-refractivity contribution in [2.45, 2.75) is 24.8 Å². The van der Waals surface area contributed by atoms with E-state index in [2.05, 4.69) is 4.99 Å². The molecule has 0 aliphatic carbocycles. The molecule has 0 aliphatic heterocycles. The van der Waals surface area contributed by atoms with Crippen molar-refractivity contribution >= 4 is 39.2 Å². The summed E-state index contributed by atoms with van der Waals surface area (Å²) < 4.78 is 35.3. The molecule has 0 radical (unpaired) electrons. The molecule has 3 aromatic rings. The summed E-state index contributed by atoms with van der Waals surface area (Å²) in [6.45, 7) is 3.08. The molecule has 4 nitrogen and oxygen atoms in total. The van der Waals surface area contributed by atoms with Crippen LogP contribution in [0.15, 0.2) is 52.4 Å². The van der Waals surface area contributed by atoms with Crippen molar-refractivity contribution < 1.29 is 18.3 Å². The maximum atomic E-state index is 14.3. The van der Waals surface area contributed by atoms with Gasteiger partial charge in [-0.2, -0.15) is 4.99 Å². The lowest BCUT2D eigenvalue weighted by molar-refractivity contribution is -0.117. The fourth-order valence-electron chi connectivity index (χ4n) is 2.66. The Hall–Kier alpha value is -2.03. The first-order valence-corrected chi connectivity index (χ1v) is 10.7. The second-order valence-electron chi connectivity index (χ2n) is 5.88. The molecule has 0 aliphatic rings. The van der Waals surface area contributed by atoms with Crippen LogP contribution in [0.25, 0.3) is 10.2 Å². The Balaban J connectivity index is 1.82. The third-order valence-electron chi connectivity index (χ3n) is 3.91. The van der Waals surface area contributed by atoms with Gasteiger partial charge in [0.1, 0.15) is 5.82 Å². The number of aromatic nitrogens is 1. The number of amides is 1. The Kier molecular flexibility index (Phi) is 7.36. The summed E-state index contributed by atoms with van der Waals surface area (Å²) in [4.78, 5) is 17.9. The van der Waals surface area contributed by atoms with Crippen molar-refractivity contribution in [3.05, 3.63) is 58.9 Å². The topological polar surface area (TPSA) is 43.6 Å². The Morgan fingerprint density at radius 2 is 2.04 bits per heavy atom. The molecule has 0 N–H and O–H groups in total. The number of hydrogen-bond acceptors (Lipinski definition) is 4. The summed E-state index contributed by atoms with van der Waals surface area (Å²) in [5.74, 6) is -1.02. The van der Waals surface area contributed by atoms with Gasteiger partial charge in [0, 0.05) is 36.3 Å². The molecule has 0 spiro atoms. The van der Waals surface area contributed by atoms with Gasteiger partial charge in [-0.15, -0.1) is 11.8 Å². The number of ether oxygens (including phenoxy) is 1. The molecule has 1 amide bonds. The molecule has 0 saturated carbocycles. The Morgan fingerprint density at radius 3 is 2.79 bits per heavy atom. The lowest BCUT2D eigenvalue weighted by atomic mass is 10.3. The number of carbonyl (C=O) groups excluding carboxylic acids is 1. The van der Waals surface area contributed by atoms with Crippen molar-refractivity contribution in [3.8, 4) is 0 Å². The van der Waals surface area contributed by atoms with Crippen molar-refractivity contribution in [1.82, 2.24) is 4.57 Å². The number of thiazole rings is 1. The van der Waals surface area contributed by atoms with Gasteiger partial charge in [0.15, 0.2) is 10.6 Å². The molecule has 0 atom stereocenters. The van der Waals surface area contributed by atoms with Crippen LogP contribution < -0.4 is 4.80 Å². The van der Waals surface area contributed by atoms with Gasteiger partial charge < -0.3 is 9.30 Å². The van der Waals surface area contributed by atoms with Crippen LogP contribution >= 0.6 is 23.1 Å². The molecule has 148 valence electrons. The zero-order valence-electron chi connectivity index (χ0n) is 15.4. The zero-order chi connectivity index (χ0) is 19.9. The van der Waals surface area contributed by atoms with Crippen molar-refractivity contribution in [2.24, 2.45) is 4.99 Å². The highest BCUT2D eigenvalue weighted by atomic mass is 32.2. The van der Waals surface area contributed by atoms with Gasteiger partial charge in [0.05, 0.1) is 16.8 Å². The minimum atomic E-state index is -0.670. The normalized spacial score (nSPS) is 12.0. The SMILES string of the molecule is CCOCCn1c(=NC(=O)CCSc2ccccc2)sc2cc(F)cc(F)c21. The van der Waals surface area contributed by atoms with Crippen molar-refractivity contribution in [2.75, 3.05) is 19.0 Å². The highest BCUT2D eigenvalue weighted by Gasteiger charge is 2.14. The molecule has 0 unspecified atom stereocenters. The monoisotopic (exact) mass is 422 g/mol. The number of hydrogen-bond donors (Lipinski definition) is 0. The third-order valence-corrected chi connectivity index (χ3v) is 5.95. The van der Waals surface area contributed by atoms with Crippen molar-refractivity contribution in [1.29, 1.82) is 0 Å². The van der Waals surface area contributed by atoms with E-state index in [4.69, 9.17) is 4.74 Å². The number of fused-ring (bicyclic) bond motifs is 1. The number of nitrogens with zero attached hydrogens (tertiary/aromatic N) is 2. The van der Waals surface area contributed by atoms with Crippen molar-refractivity contribution in [3.63, 3.8) is 0 Å². The van der Waals surface area contributed by atoms with E-state index in [-0.39, 0.29) is 17.8 Å². The maximum absolute atomic E-state index is 14.3. The molecule has 2 aromatic carbocycles. The van der Waals surface area contributed by atoms with Crippen LogP contribution in [0.1, 0.15) is 13.3 Å². The highest BCUT2D eigenvalue weighted by Crippen LogP contribution is 2.22. The van der Waals surface area contributed by atoms with Gasteiger partial charge in [-0.3, -0.25) is 4.79 Å². The highest BCUT2D eigenvalue weighted by molar-refractivity contribution is 7.99. The molecule has 8 heteroatoms. The molecule has 0 bridgehead atoms.